The van der Waals surface area contributed by atoms with Gasteiger partial charge in [-0.2, -0.15) is 0 Å². The summed E-state index contributed by atoms with van der Waals surface area (Å²) >= 11 is 4.77. The first-order valence-corrected chi connectivity index (χ1v) is 6.10. The third kappa shape index (κ3) is 2.29. The van der Waals surface area contributed by atoms with Gasteiger partial charge in [0.25, 0.3) is 5.91 Å². The van der Waals surface area contributed by atoms with Gasteiger partial charge < -0.3 is 0 Å². The van der Waals surface area contributed by atoms with Crippen LogP contribution < -0.4 is 11.3 Å². The van der Waals surface area contributed by atoms with Gasteiger partial charge in [0.1, 0.15) is 10.7 Å². The maximum absolute atomic E-state index is 11.2. The highest BCUT2D eigenvalue weighted by molar-refractivity contribution is 9.10. The average molecular weight is 298 g/mol. The van der Waals surface area contributed by atoms with Crippen LogP contribution >= 0.6 is 27.3 Å². The van der Waals surface area contributed by atoms with E-state index >= 15 is 0 Å². The second-order valence-corrected chi connectivity index (χ2v) is 4.79. The van der Waals surface area contributed by atoms with Gasteiger partial charge in [0.05, 0.1) is 0 Å². The molecule has 0 aliphatic heterocycles. The Morgan fingerprint density at radius 1 is 1.38 bits per heavy atom. The number of carbonyl (C=O) groups is 1. The summed E-state index contributed by atoms with van der Waals surface area (Å²) in [5, 5.41) is 2.48. The highest BCUT2D eigenvalue weighted by atomic mass is 79.9. The summed E-state index contributed by atoms with van der Waals surface area (Å²) in [7, 11) is 0. The lowest BCUT2D eigenvalue weighted by Gasteiger charge is -1.96. The fraction of sp³-hybridized carbons (Fsp3) is 0. The molecule has 1 heterocycles. The fourth-order valence-electron chi connectivity index (χ4n) is 1.18. The molecular formula is C10H8BrN3OS. The molecule has 1 aromatic heterocycles. The molecule has 2 aromatic rings. The summed E-state index contributed by atoms with van der Waals surface area (Å²) in [6.45, 7) is 0. The molecule has 0 unspecified atom stereocenters. The molecule has 0 atom stereocenters. The Labute approximate surface area is 105 Å². The van der Waals surface area contributed by atoms with E-state index in [1.807, 2.05) is 24.3 Å². The maximum atomic E-state index is 11.2. The van der Waals surface area contributed by atoms with Gasteiger partial charge in [-0.25, -0.2) is 10.8 Å². The molecule has 4 nitrogen and oxygen atoms in total. The number of halogens is 1. The first kappa shape index (κ1) is 11.3. The minimum atomic E-state index is -0.375. The van der Waals surface area contributed by atoms with Gasteiger partial charge in [0.2, 0.25) is 0 Å². The van der Waals surface area contributed by atoms with E-state index in [9.17, 15) is 4.79 Å². The van der Waals surface area contributed by atoms with E-state index in [1.54, 1.807) is 5.38 Å². The van der Waals surface area contributed by atoms with Gasteiger partial charge in [-0.1, -0.05) is 28.1 Å². The number of nitrogens with one attached hydrogen (secondary N) is 1. The first-order chi connectivity index (χ1) is 7.70. The molecule has 0 aliphatic rings. The molecule has 0 aliphatic carbocycles. The number of benzene rings is 1. The van der Waals surface area contributed by atoms with E-state index < -0.39 is 0 Å². The van der Waals surface area contributed by atoms with Crippen LogP contribution in [0.25, 0.3) is 10.6 Å². The lowest BCUT2D eigenvalue weighted by molar-refractivity contribution is 0.0949. The molecule has 3 N–H and O–H groups in total. The molecule has 2 rings (SSSR count). The molecule has 16 heavy (non-hydrogen) atoms. The predicted molar refractivity (Wildman–Crippen MR) is 66.9 cm³/mol. The number of hydrazine groups is 1. The molecular weight excluding hydrogens is 290 g/mol. The summed E-state index contributed by atoms with van der Waals surface area (Å²) in [5.74, 6) is 4.66. The number of amides is 1. The Balaban J connectivity index is 2.31. The van der Waals surface area contributed by atoms with Gasteiger partial charge in [0, 0.05) is 15.4 Å². The standard InChI is InChI=1S/C10H8BrN3OS/c11-7-3-1-6(2-4-7)10-13-8(5-16-10)9(15)14-12/h1-5H,12H2,(H,14,15). The van der Waals surface area contributed by atoms with Crippen LogP contribution in [0.2, 0.25) is 0 Å². The lowest BCUT2D eigenvalue weighted by atomic mass is 10.2. The monoisotopic (exact) mass is 297 g/mol. The number of hydrogen-bond acceptors (Lipinski definition) is 4. The second kappa shape index (κ2) is 4.73. The second-order valence-electron chi connectivity index (χ2n) is 3.02. The van der Waals surface area contributed by atoms with Crippen molar-refractivity contribution in [1.29, 1.82) is 0 Å². The van der Waals surface area contributed by atoms with E-state index in [2.05, 4.69) is 26.3 Å². The topological polar surface area (TPSA) is 68.0 Å². The van der Waals surface area contributed by atoms with Crippen LogP contribution in [0.15, 0.2) is 34.1 Å². The normalized spacial score (nSPS) is 10.1. The van der Waals surface area contributed by atoms with Crippen LogP contribution in [-0.4, -0.2) is 10.9 Å². The van der Waals surface area contributed by atoms with Gasteiger partial charge >= 0.3 is 0 Å². The summed E-state index contributed by atoms with van der Waals surface area (Å²) in [6.07, 6.45) is 0. The van der Waals surface area contributed by atoms with Crippen molar-refractivity contribution < 1.29 is 4.79 Å². The summed E-state index contributed by atoms with van der Waals surface area (Å²) in [6, 6.07) is 7.74. The van der Waals surface area contributed by atoms with Gasteiger partial charge in [-0.15, -0.1) is 11.3 Å². The minimum absolute atomic E-state index is 0.338. The number of nitrogens with zero attached hydrogens (tertiary/aromatic N) is 1. The van der Waals surface area contributed by atoms with Crippen molar-refractivity contribution in [3.8, 4) is 10.6 Å². The van der Waals surface area contributed by atoms with Crippen LogP contribution in [0.5, 0.6) is 0 Å². The molecule has 0 fully saturated rings. The zero-order valence-corrected chi connectivity index (χ0v) is 10.5. The largest absolute Gasteiger partial charge is 0.289 e. The van der Waals surface area contributed by atoms with Crippen LogP contribution in [-0.2, 0) is 0 Å². The van der Waals surface area contributed by atoms with Crippen LogP contribution in [0.4, 0.5) is 0 Å². The number of carbonyl (C=O) groups excluding carboxylic acids is 1. The van der Waals surface area contributed by atoms with Crippen molar-refractivity contribution in [2.45, 2.75) is 0 Å². The highest BCUT2D eigenvalue weighted by Gasteiger charge is 2.09. The van der Waals surface area contributed by atoms with E-state index in [-0.39, 0.29) is 5.91 Å². The molecule has 1 aromatic carbocycles. The van der Waals surface area contributed by atoms with E-state index in [0.29, 0.717) is 5.69 Å². The number of nitrogen functional groups attached to an aromatic ring is 1. The van der Waals surface area contributed by atoms with Crippen molar-refractivity contribution >= 4 is 33.2 Å². The zero-order chi connectivity index (χ0) is 11.5. The number of nitrogens with two attached hydrogens (primary N) is 1. The van der Waals surface area contributed by atoms with Crippen molar-refractivity contribution in [3.05, 3.63) is 39.8 Å². The van der Waals surface area contributed by atoms with E-state index in [1.165, 1.54) is 11.3 Å². The Hall–Kier alpha value is -1.24. The molecule has 82 valence electrons. The fourth-order valence-corrected chi connectivity index (χ4v) is 2.25. The van der Waals surface area contributed by atoms with Crippen LogP contribution in [0, 0.1) is 0 Å². The van der Waals surface area contributed by atoms with Gasteiger partial charge in [-0.3, -0.25) is 10.2 Å². The number of thiazole rings is 1. The predicted octanol–water partition coefficient (Wildman–Crippen LogP) is 2.18. The van der Waals surface area contributed by atoms with E-state index in [4.69, 9.17) is 5.84 Å². The van der Waals surface area contributed by atoms with E-state index in [0.717, 1.165) is 15.0 Å². The van der Waals surface area contributed by atoms with Crippen molar-refractivity contribution in [2.75, 3.05) is 0 Å². The molecule has 1 amide bonds. The molecule has 0 radical (unpaired) electrons. The van der Waals surface area contributed by atoms with Crippen molar-refractivity contribution in [2.24, 2.45) is 5.84 Å². The highest BCUT2D eigenvalue weighted by Crippen LogP contribution is 2.25. The smallest absolute Gasteiger partial charge is 0.284 e. The maximum Gasteiger partial charge on any atom is 0.284 e. The first-order valence-electron chi connectivity index (χ1n) is 4.43. The Morgan fingerprint density at radius 3 is 2.69 bits per heavy atom. The number of hydrogen-bond donors (Lipinski definition) is 2. The Bertz CT molecular complexity index is 509. The van der Waals surface area contributed by atoms with Crippen molar-refractivity contribution in [1.82, 2.24) is 10.4 Å². The zero-order valence-electron chi connectivity index (χ0n) is 8.11. The third-order valence-electron chi connectivity index (χ3n) is 1.96. The summed E-state index contributed by atoms with van der Waals surface area (Å²) in [5.41, 5.74) is 3.37. The van der Waals surface area contributed by atoms with Crippen molar-refractivity contribution in [3.63, 3.8) is 0 Å². The number of rotatable bonds is 2. The summed E-state index contributed by atoms with van der Waals surface area (Å²) in [4.78, 5) is 15.4. The molecule has 0 saturated heterocycles. The Kier molecular flexibility index (Phi) is 3.33. The molecule has 0 spiro atoms. The van der Waals surface area contributed by atoms with Crippen LogP contribution in [0.3, 0.4) is 0 Å². The quantitative estimate of drug-likeness (QED) is 0.507. The molecule has 0 bridgehead atoms. The minimum Gasteiger partial charge on any atom is -0.289 e. The summed E-state index contributed by atoms with van der Waals surface area (Å²) < 4.78 is 1.01. The van der Waals surface area contributed by atoms with Gasteiger partial charge in [-0.05, 0) is 12.1 Å². The number of aromatic nitrogens is 1. The molecule has 0 saturated carbocycles. The lowest BCUT2D eigenvalue weighted by Crippen LogP contribution is -2.30. The SMILES string of the molecule is NNC(=O)c1csc(-c2ccc(Br)cc2)n1. The van der Waals surface area contributed by atoms with Gasteiger partial charge in [0.15, 0.2) is 0 Å². The van der Waals surface area contributed by atoms with Crippen LogP contribution in [0.1, 0.15) is 10.5 Å². The average Bonchev–Trinajstić information content (AvgIpc) is 2.78. The Morgan fingerprint density at radius 2 is 2.06 bits per heavy atom. The molecule has 6 heteroatoms. The third-order valence-corrected chi connectivity index (χ3v) is 3.38.